The molecule has 0 amide bonds. The van der Waals surface area contributed by atoms with Crippen molar-refractivity contribution < 1.29 is 75.2 Å². The molecule has 1 aliphatic heterocycles. The summed E-state index contributed by atoms with van der Waals surface area (Å²) in [5, 5.41) is 117. The van der Waals surface area contributed by atoms with E-state index in [1.54, 1.807) is 0 Å². The van der Waals surface area contributed by atoms with Gasteiger partial charge in [-0.1, -0.05) is 73.6 Å². The van der Waals surface area contributed by atoms with Crippen molar-refractivity contribution in [2.75, 3.05) is 39.5 Å². The van der Waals surface area contributed by atoms with Gasteiger partial charge >= 0.3 is 0 Å². The van der Waals surface area contributed by atoms with Crippen LogP contribution in [0.15, 0.2) is 0 Å². The smallest absolute Gasteiger partial charge is 0.186 e. The number of carbonyl (C=O) groups is 1. The third kappa shape index (κ3) is 21.8. The van der Waals surface area contributed by atoms with Gasteiger partial charge in [0.15, 0.2) is 6.29 Å². The van der Waals surface area contributed by atoms with Crippen molar-refractivity contribution in [2.45, 2.75) is 204 Å². The molecule has 18 heteroatoms. The Morgan fingerprint density at radius 3 is 1.90 bits per heavy atom. The van der Waals surface area contributed by atoms with Gasteiger partial charge in [-0.15, -0.1) is 0 Å². The summed E-state index contributed by atoms with van der Waals surface area (Å²) in [5.41, 5.74) is 5.40. The molecule has 15 N–H and O–H groups in total. The summed E-state index contributed by atoms with van der Waals surface area (Å²) in [7, 11) is 0. The van der Waals surface area contributed by atoms with Gasteiger partial charge in [0.2, 0.25) is 0 Å². The molecule has 354 valence electrons. The number of aliphatic hydroxyl groups excluding tert-OH is 11. The molecule has 59 heavy (non-hydrogen) atoms. The Hall–Kier alpha value is -1.01. The summed E-state index contributed by atoms with van der Waals surface area (Å²) in [6.07, 6.45) is -8.35. The maximum atomic E-state index is 10.8. The van der Waals surface area contributed by atoms with Crippen molar-refractivity contribution >= 4 is 6.29 Å². The normalized spacial score (nSPS) is 29.8. The SMILES string of the molecule is CCC(C)CC.CCC(CC)N[C@H](C=O)CCCCN.CCCCCNC[C@H](O)[C@@H](O)[C@H](O)C(O)CO[C@@H]1C[C@H](CO[C@@H]2O[C@H](CO)[C@@H](O)[C@H](O)[C@H]2O)[C@@H](O)[C@H](O)[C@H]1O. The molecule has 0 aromatic heterocycles. The predicted octanol–water partition coefficient (Wildman–Crippen LogP) is -1.58. The van der Waals surface area contributed by atoms with E-state index in [2.05, 4.69) is 45.3 Å². The minimum Gasteiger partial charge on any atom is -0.394 e. The average molecular weight is 860 g/mol. The minimum absolute atomic E-state index is 0.00291. The van der Waals surface area contributed by atoms with Crippen LogP contribution < -0.4 is 16.4 Å². The molecule has 1 saturated carbocycles. The second-order valence-electron chi connectivity index (χ2n) is 16.0. The number of unbranched alkanes of at least 4 members (excludes halogenated alkanes) is 3. The molecule has 2 aliphatic rings. The molecule has 2 rings (SSSR count). The fraction of sp³-hybridized carbons (Fsp3) is 0.976. The van der Waals surface area contributed by atoms with Crippen LogP contribution in [0.3, 0.4) is 0 Å². The van der Waals surface area contributed by atoms with E-state index >= 15 is 0 Å². The fourth-order valence-corrected chi connectivity index (χ4v) is 6.50. The largest absolute Gasteiger partial charge is 0.394 e. The van der Waals surface area contributed by atoms with Gasteiger partial charge in [-0.3, -0.25) is 0 Å². The Bertz CT molecular complexity index is 1000. The average Bonchev–Trinajstić information content (AvgIpc) is 3.25. The van der Waals surface area contributed by atoms with E-state index in [1.165, 1.54) is 12.8 Å². The Balaban J connectivity index is 0.00000138. The molecule has 0 aromatic rings. The van der Waals surface area contributed by atoms with E-state index in [0.29, 0.717) is 12.6 Å². The van der Waals surface area contributed by atoms with Crippen LogP contribution in [0.4, 0.5) is 0 Å². The monoisotopic (exact) mass is 860 g/mol. The highest BCUT2D eigenvalue weighted by atomic mass is 16.7. The topological polar surface area (TPSA) is 317 Å². The highest BCUT2D eigenvalue weighted by Crippen LogP contribution is 2.30. The minimum atomic E-state index is -1.78. The Labute approximate surface area is 352 Å². The lowest BCUT2D eigenvalue weighted by molar-refractivity contribution is -0.307. The van der Waals surface area contributed by atoms with E-state index in [-0.39, 0.29) is 25.6 Å². The second kappa shape index (κ2) is 33.5. The molecule has 18 nitrogen and oxygen atoms in total. The number of hydrogen-bond donors (Lipinski definition) is 14. The number of ether oxygens (including phenoxy) is 3. The van der Waals surface area contributed by atoms with Crippen LogP contribution >= 0.6 is 0 Å². The molecule has 15 atom stereocenters. The summed E-state index contributed by atoms with van der Waals surface area (Å²) in [4.78, 5) is 10.8. The fourth-order valence-electron chi connectivity index (χ4n) is 6.50. The van der Waals surface area contributed by atoms with Crippen LogP contribution in [-0.2, 0) is 19.0 Å². The number of nitrogens with one attached hydrogen (secondary N) is 2. The molecule has 1 heterocycles. The lowest BCUT2D eigenvalue weighted by atomic mass is 9.81. The Morgan fingerprint density at radius 2 is 1.37 bits per heavy atom. The van der Waals surface area contributed by atoms with Gasteiger partial charge in [0.1, 0.15) is 61.2 Å². The molecule has 0 bridgehead atoms. The number of aliphatic hydroxyl groups is 11. The summed E-state index contributed by atoms with van der Waals surface area (Å²) in [5.74, 6) is 0.0547. The number of nitrogens with two attached hydrogens (primary N) is 1. The summed E-state index contributed by atoms with van der Waals surface area (Å²) >= 11 is 0. The summed E-state index contributed by atoms with van der Waals surface area (Å²) < 4.78 is 16.2. The van der Waals surface area contributed by atoms with Crippen molar-refractivity contribution in [2.24, 2.45) is 17.6 Å². The zero-order valence-electron chi connectivity index (χ0n) is 36.5. The standard InChI is InChI=1S/C24H47NO14.C11H24N2O.C6H14/c1-2-3-4-5-25-7-12(27)17(30)18(31)13(28)10-37-14-6-11(16(29)21(34)19(14)32)9-38-24-23(36)22(35)20(33)15(8-26)39-24;1-3-10(4-2)13-11(9-14)7-5-6-8-12;1-4-6(3)5-2/h11-36H,2-10H2,1H3;9-11,13H,3-8,12H2,1-2H3;6H,4-5H2,1-3H3/t11-,12+,13?,14-,15-,16-,17-,18-,19+,20-,21+,22+,23-,24-;11-;/m10./s1. The van der Waals surface area contributed by atoms with Crippen LogP contribution in [0.25, 0.3) is 0 Å². The zero-order valence-corrected chi connectivity index (χ0v) is 36.5. The van der Waals surface area contributed by atoms with Crippen LogP contribution in [0.2, 0.25) is 0 Å². The highest BCUT2D eigenvalue weighted by Gasteiger charge is 2.47. The third-order valence-electron chi connectivity index (χ3n) is 11.3. The van der Waals surface area contributed by atoms with Gasteiger partial charge in [-0.25, -0.2) is 0 Å². The maximum Gasteiger partial charge on any atom is 0.186 e. The summed E-state index contributed by atoms with van der Waals surface area (Å²) in [6, 6.07) is 0.495. The van der Waals surface area contributed by atoms with Crippen LogP contribution in [0.1, 0.15) is 112 Å². The van der Waals surface area contributed by atoms with Gasteiger partial charge in [-0.2, -0.15) is 0 Å². The van der Waals surface area contributed by atoms with E-state index in [4.69, 9.17) is 19.9 Å². The van der Waals surface area contributed by atoms with Crippen molar-refractivity contribution in [1.82, 2.24) is 10.6 Å². The van der Waals surface area contributed by atoms with Crippen LogP contribution in [-0.4, -0.2) is 194 Å². The first-order valence-electron chi connectivity index (χ1n) is 22.0. The van der Waals surface area contributed by atoms with E-state index < -0.39 is 98.7 Å². The van der Waals surface area contributed by atoms with Crippen molar-refractivity contribution in [3.8, 4) is 0 Å². The van der Waals surface area contributed by atoms with Crippen molar-refractivity contribution in [3.63, 3.8) is 0 Å². The van der Waals surface area contributed by atoms with Crippen molar-refractivity contribution in [1.29, 1.82) is 0 Å². The van der Waals surface area contributed by atoms with E-state index in [9.17, 15) is 61.0 Å². The maximum absolute atomic E-state index is 10.8. The van der Waals surface area contributed by atoms with E-state index in [0.717, 1.165) is 70.1 Å². The Kier molecular flexibility index (Phi) is 33.0. The van der Waals surface area contributed by atoms with Gasteiger partial charge in [0.05, 0.1) is 44.2 Å². The molecule has 0 aromatic carbocycles. The van der Waals surface area contributed by atoms with E-state index in [1.807, 2.05) is 6.92 Å². The zero-order chi connectivity index (χ0) is 45.1. The number of aldehydes is 1. The number of carbonyl (C=O) groups excluding carboxylic acids is 1. The molecule has 1 aliphatic carbocycles. The molecule has 1 saturated heterocycles. The second-order valence-corrected chi connectivity index (χ2v) is 16.0. The predicted molar refractivity (Wildman–Crippen MR) is 222 cm³/mol. The van der Waals surface area contributed by atoms with Crippen molar-refractivity contribution in [3.05, 3.63) is 0 Å². The molecule has 0 radical (unpaired) electrons. The molecular formula is C41H85N3O15. The first-order valence-corrected chi connectivity index (χ1v) is 22.0. The van der Waals surface area contributed by atoms with Crippen LogP contribution in [0.5, 0.6) is 0 Å². The van der Waals surface area contributed by atoms with Gasteiger partial charge < -0.3 is 91.5 Å². The molecule has 2 fully saturated rings. The number of hydrogen-bond acceptors (Lipinski definition) is 18. The lowest BCUT2D eigenvalue weighted by Crippen LogP contribution is -2.60. The quantitative estimate of drug-likeness (QED) is 0.0327. The molecular weight excluding hydrogens is 774 g/mol. The Morgan fingerprint density at radius 1 is 0.763 bits per heavy atom. The van der Waals surface area contributed by atoms with Gasteiger partial charge in [-0.05, 0) is 57.5 Å². The highest BCUT2D eigenvalue weighted by molar-refractivity contribution is 5.57. The first-order chi connectivity index (χ1) is 28.0. The van der Waals surface area contributed by atoms with Gasteiger partial charge in [0.25, 0.3) is 0 Å². The summed E-state index contributed by atoms with van der Waals surface area (Å²) in [6.45, 7) is 12.8. The number of rotatable bonds is 27. The van der Waals surface area contributed by atoms with Gasteiger partial charge in [0, 0.05) is 18.5 Å². The van der Waals surface area contributed by atoms with Crippen LogP contribution in [0, 0.1) is 11.8 Å². The molecule has 0 spiro atoms. The lowest BCUT2D eigenvalue weighted by Gasteiger charge is -2.43. The first kappa shape index (κ1) is 58.0. The third-order valence-corrected chi connectivity index (χ3v) is 11.3. The molecule has 1 unspecified atom stereocenters.